The standard InChI is InChI=1S/C21H30N2O5/c1-3-15(2)21(27)23-12-4-5-17(13-23)20(26)22-11-10-16-6-8-18(9-7-16)28-14-19(24)25/h6-9,15,17H,3-5,10-14H2,1-2H3,(H,22,26)(H,24,25). The number of benzene rings is 1. The number of nitrogens with one attached hydrogen (secondary N) is 1. The first-order chi connectivity index (χ1) is 13.4. The monoisotopic (exact) mass is 390 g/mol. The third-order valence-electron chi connectivity index (χ3n) is 5.14. The van der Waals surface area contributed by atoms with Crippen molar-refractivity contribution in [3.8, 4) is 5.75 Å². The molecule has 1 aromatic carbocycles. The minimum atomic E-state index is -1.01. The topological polar surface area (TPSA) is 95.9 Å². The zero-order valence-corrected chi connectivity index (χ0v) is 16.6. The summed E-state index contributed by atoms with van der Waals surface area (Å²) in [7, 11) is 0. The number of likely N-dealkylation sites (tertiary alicyclic amines) is 1. The number of carboxylic acids is 1. The Labute approximate surface area is 166 Å². The molecular formula is C21H30N2O5. The van der Waals surface area contributed by atoms with E-state index < -0.39 is 5.97 Å². The van der Waals surface area contributed by atoms with E-state index in [0.717, 1.165) is 31.4 Å². The molecule has 1 aliphatic heterocycles. The fourth-order valence-electron chi connectivity index (χ4n) is 3.25. The zero-order valence-electron chi connectivity index (χ0n) is 16.6. The average molecular weight is 390 g/mol. The first-order valence-electron chi connectivity index (χ1n) is 9.90. The Morgan fingerprint density at radius 3 is 2.64 bits per heavy atom. The lowest BCUT2D eigenvalue weighted by molar-refractivity contribution is -0.140. The maximum absolute atomic E-state index is 12.5. The van der Waals surface area contributed by atoms with Gasteiger partial charge in [0, 0.05) is 25.6 Å². The van der Waals surface area contributed by atoms with Gasteiger partial charge in [0.25, 0.3) is 0 Å². The van der Waals surface area contributed by atoms with Crippen molar-refractivity contribution in [3.05, 3.63) is 29.8 Å². The second kappa shape index (κ2) is 10.7. The largest absolute Gasteiger partial charge is 0.482 e. The molecule has 7 heteroatoms. The van der Waals surface area contributed by atoms with Gasteiger partial charge in [0.05, 0.1) is 5.92 Å². The Bertz CT molecular complexity index is 674. The lowest BCUT2D eigenvalue weighted by Crippen LogP contribution is -2.47. The molecule has 1 heterocycles. The number of ether oxygens (including phenoxy) is 1. The number of rotatable bonds is 9. The molecular weight excluding hydrogens is 360 g/mol. The van der Waals surface area contributed by atoms with Gasteiger partial charge in [-0.3, -0.25) is 9.59 Å². The number of amides is 2. The molecule has 28 heavy (non-hydrogen) atoms. The van der Waals surface area contributed by atoms with Gasteiger partial charge in [0.1, 0.15) is 5.75 Å². The molecule has 0 aliphatic carbocycles. The van der Waals surface area contributed by atoms with Gasteiger partial charge in [0.15, 0.2) is 6.61 Å². The molecule has 2 amide bonds. The van der Waals surface area contributed by atoms with E-state index in [1.807, 2.05) is 30.9 Å². The fraction of sp³-hybridized carbons (Fsp3) is 0.571. The van der Waals surface area contributed by atoms with Crippen LogP contribution < -0.4 is 10.1 Å². The van der Waals surface area contributed by atoms with Crippen molar-refractivity contribution in [2.75, 3.05) is 26.2 Å². The third-order valence-corrected chi connectivity index (χ3v) is 5.14. The van der Waals surface area contributed by atoms with Crippen LogP contribution in [-0.2, 0) is 20.8 Å². The van der Waals surface area contributed by atoms with Crippen LogP contribution >= 0.6 is 0 Å². The van der Waals surface area contributed by atoms with Crippen molar-refractivity contribution in [1.29, 1.82) is 0 Å². The van der Waals surface area contributed by atoms with Crippen LogP contribution in [0.25, 0.3) is 0 Å². The van der Waals surface area contributed by atoms with Crippen molar-refractivity contribution in [2.45, 2.75) is 39.5 Å². The van der Waals surface area contributed by atoms with Gasteiger partial charge in [-0.05, 0) is 43.4 Å². The van der Waals surface area contributed by atoms with Crippen LogP contribution in [0.4, 0.5) is 0 Å². The molecule has 154 valence electrons. The molecule has 2 N–H and O–H groups in total. The summed E-state index contributed by atoms with van der Waals surface area (Å²) in [5.41, 5.74) is 1.03. The van der Waals surface area contributed by atoms with E-state index in [4.69, 9.17) is 9.84 Å². The van der Waals surface area contributed by atoms with E-state index in [0.29, 0.717) is 25.3 Å². The van der Waals surface area contributed by atoms with Crippen LogP contribution in [0.5, 0.6) is 5.75 Å². The molecule has 2 unspecified atom stereocenters. The first-order valence-corrected chi connectivity index (χ1v) is 9.90. The summed E-state index contributed by atoms with van der Waals surface area (Å²) < 4.78 is 5.10. The molecule has 7 nitrogen and oxygen atoms in total. The highest BCUT2D eigenvalue weighted by atomic mass is 16.5. The van der Waals surface area contributed by atoms with Crippen molar-refractivity contribution in [2.24, 2.45) is 11.8 Å². The summed E-state index contributed by atoms with van der Waals surface area (Å²) in [6.07, 6.45) is 3.16. The molecule has 0 bridgehead atoms. The number of carbonyl (C=O) groups is 3. The van der Waals surface area contributed by atoms with Crippen LogP contribution in [0, 0.1) is 11.8 Å². The van der Waals surface area contributed by atoms with Crippen molar-refractivity contribution in [1.82, 2.24) is 10.2 Å². The van der Waals surface area contributed by atoms with E-state index in [1.54, 1.807) is 12.1 Å². The number of carbonyl (C=O) groups excluding carboxylic acids is 2. The normalized spacial score (nSPS) is 17.6. The van der Waals surface area contributed by atoms with Gasteiger partial charge >= 0.3 is 5.97 Å². The number of hydrogen-bond acceptors (Lipinski definition) is 4. The second-order valence-corrected chi connectivity index (χ2v) is 7.30. The molecule has 2 atom stereocenters. The zero-order chi connectivity index (χ0) is 20.5. The van der Waals surface area contributed by atoms with Gasteiger partial charge < -0.3 is 20.1 Å². The number of nitrogens with zero attached hydrogens (tertiary/aromatic N) is 1. The quantitative estimate of drug-likeness (QED) is 0.673. The Morgan fingerprint density at radius 2 is 2.00 bits per heavy atom. The van der Waals surface area contributed by atoms with E-state index in [2.05, 4.69) is 5.32 Å². The highest BCUT2D eigenvalue weighted by Crippen LogP contribution is 2.19. The minimum absolute atomic E-state index is 0.00284. The molecule has 1 aromatic rings. The van der Waals surface area contributed by atoms with E-state index in [1.165, 1.54) is 0 Å². The maximum Gasteiger partial charge on any atom is 0.341 e. The molecule has 0 spiro atoms. The number of piperidine rings is 1. The highest BCUT2D eigenvalue weighted by Gasteiger charge is 2.29. The summed E-state index contributed by atoms with van der Waals surface area (Å²) >= 11 is 0. The van der Waals surface area contributed by atoms with Crippen LogP contribution in [0.2, 0.25) is 0 Å². The Morgan fingerprint density at radius 1 is 1.29 bits per heavy atom. The van der Waals surface area contributed by atoms with E-state index in [-0.39, 0.29) is 30.3 Å². The predicted molar refractivity (Wildman–Crippen MR) is 105 cm³/mol. The molecule has 0 aromatic heterocycles. The Kier molecular flexibility index (Phi) is 8.29. The summed E-state index contributed by atoms with van der Waals surface area (Å²) in [5, 5.41) is 11.6. The third kappa shape index (κ3) is 6.55. The van der Waals surface area contributed by atoms with Gasteiger partial charge in [-0.2, -0.15) is 0 Å². The first kappa shape index (κ1) is 21.7. The molecule has 1 saturated heterocycles. The van der Waals surface area contributed by atoms with Crippen molar-refractivity contribution < 1.29 is 24.2 Å². The Hall–Kier alpha value is -2.57. The van der Waals surface area contributed by atoms with E-state index in [9.17, 15) is 14.4 Å². The van der Waals surface area contributed by atoms with Gasteiger partial charge in [0.2, 0.25) is 11.8 Å². The Balaban J connectivity index is 1.75. The minimum Gasteiger partial charge on any atom is -0.482 e. The molecule has 1 aliphatic rings. The number of carboxylic acid groups (broad SMARTS) is 1. The summed E-state index contributed by atoms with van der Waals surface area (Å²) in [5.74, 6) is -0.506. The van der Waals surface area contributed by atoms with Gasteiger partial charge in [-0.1, -0.05) is 26.0 Å². The molecule has 0 saturated carbocycles. The van der Waals surface area contributed by atoms with E-state index >= 15 is 0 Å². The van der Waals surface area contributed by atoms with Gasteiger partial charge in [-0.25, -0.2) is 4.79 Å². The number of hydrogen-bond donors (Lipinski definition) is 2. The smallest absolute Gasteiger partial charge is 0.341 e. The fourth-order valence-corrected chi connectivity index (χ4v) is 3.25. The predicted octanol–water partition coefficient (Wildman–Crippen LogP) is 2.09. The SMILES string of the molecule is CCC(C)C(=O)N1CCCC(C(=O)NCCc2ccc(OCC(=O)O)cc2)C1. The van der Waals surface area contributed by atoms with Gasteiger partial charge in [-0.15, -0.1) is 0 Å². The summed E-state index contributed by atoms with van der Waals surface area (Å²) in [6, 6.07) is 7.16. The average Bonchev–Trinajstić information content (AvgIpc) is 2.72. The molecule has 0 radical (unpaired) electrons. The van der Waals surface area contributed by atoms with Crippen molar-refractivity contribution in [3.63, 3.8) is 0 Å². The lowest BCUT2D eigenvalue weighted by Gasteiger charge is -2.33. The lowest BCUT2D eigenvalue weighted by atomic mass is 9.95. The van der Waals surface area contributed by atoms with Crippen molar-refractivity contribution >= 4 is 17.8 Å². The van der Waals surface area contributed by atoms with Crippen LogP contribution in [0.1, 0.15) is 38.7 Å². The van der Waals surface area contributed by atoms with Crippen LogP contribution in [-0.4, -0.2) is 54.0 Å². The summed E-state index contributed by atoms with van der Waals surface area (Å²) in [4.78, 5) is 37.2. The van der Waals surface area contributed by atoms with Crippen LogP contribution in [0.3, 0.4) is 0 Å². The highest BCUT2D eigenvalue weighted by molar-refractivity contribution is 5.82. The number of aliphatic carboxylic acids is 1. The molecule has 1 fully saturated rings. The van der Waals surface area contributed by atoms with Crippen LogP contribution in [0.15, 0.2) is 24.3 Å². The summed E-state index contributed by atoms with van der Waals surface area (Å²) in [6.45, 7) is 5.33. The maximum atomic E-state index is 12.5. The molecule has 2 rings (SSSR count). The second-order valence-electron chi connectivity index (χ2n) is 7.30.